The number of nitrogens with zero attached hydrogens (tertiary/aromatic N) is 3. The first-order valence-electron chi connectivity index (χ1n) is 7.99. The van der Waals surface area contributed by atoms with Gasteiger partial charge in [0.25, 0.3) is 0 Å². The van der Waals surface area contributed by atoms with Gasteiger partial charge >= 0.3 is 0 Å². The molecule has 2 atom stereocenters. The van der Waals surface area contributed by atoms with E-state index in [4.69, 9.17) is 4.74 Å². The molecule has 22 heavy (non-hydrogen) atoms. The molecule has 0 unspecified atom stereocenters. The lowest BCUT2D eigenvalue weighted by Crippen LogP contribution is -2.53. The number of rotatable bonds is 3. The summed E-state index contributed by atoms with van der Waals surface area (Å²) in [6.07, 6.45) is 2.03. The summed E-state index contributed by atoms with van der Waals surface area (Å²) in [6.45, 7) is 5.98. The Morgan fingerprint density at radius 3 is 2.82 bits per heavy atom. The minimum Gasteiger partial charge on any atom is -0.377 e. The zero-order chi connectivity index (χ0) is 15.5. The first kappa shape index (κ1) is 15.9. The van der Waals surface area contributed by atoms with Crippen molar-refractivity contribution in [2.24, 2.45) is 7.05 Å². The number of thioether (sulfide) groups is 1. The summed E-state index contributed by atoms with van der Waals surface area (Å²) in [4.78, 5) is 17.4. The maximum Gasteiger partial charge on any atom is 0.240 e. The van der Waals surface area contributed by atoms with E-state index in [2.05, 4.69) is 22.5 Å². The van der Waals surface area contributed by atoms with Crippen molar-refractivity contribution < 1.29 is 9.53 Å². The van der Waals surface area contributed by atoms with E-state index in [1.165, 1.54) is 0 Å². The highest BCUT2D eigenvalue weighted by Crippen LogP contribution is 2.26. The fourth-order valence-electron chi connectivity index (χ4n) is 3.29. The standard InChI is InChI=1S/C16H25N3O2S/c1-13(18-7-10-22-11-8-18)16(20)19-6-9-21-12-15(19)14-4-3-5-17(14)2/h3-5,13,15H,6-12H2,1-2H3/t13-,15+/m1/s1. The third-order valence-electron chi connectivity index (χ3n) is 4.69. The van der Waals surface area contributed by atoms with Crippen molar-refractivity contribution >= 4 is 17.7 Å². The summed E-state index contributed by atoms with van der Waals surface area (Å²) in [5, 5.41) is 0. The van der Waals surface area contributed by atoms with E-state index < -0.39 is 0 Å². The zero-order valence-electron chi connectivity index (χ0n) is 13.4. The number of hydrogen-bond acceptors (Lipinski definition) is 4. The van der Waals surface area contributed by atoms with E-state index in [0.29, 0.717) is 19.8 Å². The molecule has 0 radical (unpaired) electrons. The normalized spacial score (nSPS) is 25.2. The van der Waals surface area contributed by atoms with Crippen LogP contribution in [0.5, 0.6) is 0 Å². The Kier molecular flexibility index (Phi) is 5.10. The van der Waals surface area contributed by atoms with Crippen LogP contribution in [-0.2, 0) is 16.6 Å². The topological polar surface area (TPSA) is 37.7 Å². The molecule has 5 nitrogen and oxygen atoms in total. The van der Waals surface area contributed by atoms with Gasteiger partial charge in [0, 0.05) is 50.1 Å². The van der Waals surface area contributed by atoms with Gasteiger partial charge in [-0.2, -0.15) is 11.8 Å². The predicted octanol–water partition coefficient (Wildman–Crippen LogP) is 1.36. The van der Waals surface area contributed by atoms with Gasteiger partial charge in [-0.15, -0.1) is 0 Å². The van der Waals surface area contributed by atoms with Gasteiger partial charge in [0.15, 0.2) is 0 Å². The van der Waals surface area contributed by atoms with Crippen LogP contribution in [0.15, 0.2) is 18.3 Å². The van der Waals surface area contributed by atoms with Gasteiger partial charge in [-0.1, -0.05) is 0 Å². The number of carbonyl (C=O) groups is 1. The van der Waals surface area contributed by atoms with Crippen LogP contribution >= 0.6 is 11.8 Å². The van der Waals surface area contributed by atoms with Crippen molar-refractivity contribution in [1.82, 2.24) is 14.4 Å². The third-order valence-corrected chi connectivity index (χ3v) is 5.63. The molecule has 0 saturated carbocycles. The SMILES string of the molecule is C[C@H](C(=O)N1CCOC[C@H]1c1cccn1C)N1CCSCC1. The average molecular weight is 323 g/mol. The molecule has 1 amide bonds. The molecular weight excluding hydrogens is 298 g/mol. The Hall–Kier alpha value is -0.980. The van der Waals surface area contributed by atoms with E-state index >= 15 is 0 Å². The molecule has 2 fully saturated rings. The molecule has 6 heteroatoms. The molecule has 2 aliphatic rings. The molecule has 0 aliphatic carbocycles. The summed E-state index contributed by atoms with van der Waals surface area (Å²) in [6, 6.07) is 4.10. The van der Waals surface area contributed by atoms with E-state index in [0.717, 1.165) is 30.3 Å². The van der Waals surface area contributed by atoms with Gasteiger partial charge in [-0.05, 0) is 19.1 Å². The van der Waals surface area contributed by atoms with Crippen LogP contribution in [0.3, 0.4) is 0 Å². The second-order valence-electron chi connectivity index (χ2n) is 5.99. The highest BCUT2D eigenvalue weighted by atomic mass is 32.2. The molecule has 2 saturated heterocycles. The molecule has 1 aromatic rings. The maximum atomic E-state index is 13.0. The van der Waals surface area contributed by atoms with Gasteiger partial charge in [-0.3, -0.25) is 9.69 Å². The molecule has 3 rings (SSSR count). The molecule has 2 aliphatic heterocycles. The van der Waals surface area contributed by atoms with Crippen molar-refractivity contribution in [3.8, 4) is 0 Å². The number of morpholine rings is 1. The van der Waals surface area contributed by atoms with E-state index in [1.54, 1.807) is 0 Å². The predicted molar refractivity (Wildman–Crippen MR) is 89.0 cm³/mol. The lowest BCUT2D eigenvalue weighted by atomic mass is 10.1. The molecule has 3 heterocycles. The molecule has 0 aromatic carbocycles. The Bertz CT molecular complexity index is 513. The lowest BCUT2D eigenvalue weighted by molar-refractivity contribution is -0.145. The van der Waals surface area contributed by atoms with Gasteiger partial charge in [0.05, 0.1) is 25.3 Å². The number of aryl methyl sites for hydroxylation is 1. The molecular formula is C16H25N3O2S. The Labute approximate surface area is 136 Å². The first-order valence-corrected chi connectivity index (χ1v) is 9.15. The zero-order valence-corrected chi connectivity index (χ0v) is 14.2. The van der Waals surface area contributed by atoms with Gasteiger partial charge in [0.2, 0.25) is 5.91 Å². The van der Waals surface area contributed by atoms with Crippen LogP contribution < -0.4 is 0 Å². The Balaban J connectivity index is 1.75. The van der Waals surface area contributed by atoms with Crippen LogP contribution in [0.1, 0.15) is 18.7 Å². The van der Waals surface area contributed by atoms with Crippen molar-refractivity contribution in [3.63, 3.8) is 0 Å². The summed E-state index contributed by atoms with van der Waals surface area (Å²) >= 11 is 1.97. The third kappa shape index (κ3) is 3.19. The Morgan fingerprint density at radius 1 is 1.36 bits per heavy atom. The fraction of sp³-hybridized carbons (Fsp3) is 0.688. The maximum absolute atomic E-state index is 13.0. The van der Waals surface area contributed by atoms with Crippen LogP contribution in [0, 0.1) is 0 Å². The summed E-state index contributed by atoms with van der Waals surface area (Å²) in [5.74, 6) is 2.49. The fourth-order valence-corrected chi connectivity index (χ4v) is 4.23. The number of carbonyl (C=O) groups excluding carboxylic acids is 1. The Morgan fingerprint density at radius 2 is 2.14 bits per heavy atom. The molecule has 0 spiro atoms. The van der Waals surface area contributed by atoms with E-state index in [1.807, 2.05) is 36.0 Å². The van der Waals surface area contributed by atoms with Crippen molar-refractivity contribution in [2.45, 2.75) is 19.0 Å². The van der Waals surface area contributed by atoms with Gasteiger partial charge < -0.3 is 14.2 Å². The smallest absolute Gasteiger partial charge is 0.240 e. The minimum atomic E-state index is -0.0400. The van der Waals surface area contributed by atoms with Crippen molar-refractivity contribution in [2.75, 3.05) is 44.4 Å². The molecule has 1 aromatic heterocycles. The molecule has 0 N–H and O–H groups in total. The second kappa shape index (κ2) is 7.06. The molecule has 122 valence electrons. The minimum absolute atomic E-state index is 0.0304. The van der Waals surface area contributed by atoms with Gasteiger partial charge in [0.1, 0.15) is 0 Å². The van der Waals surface area contributed by atoms with E-state index in [-0.39, 0.29) is 18.0 Å². The van der Waals surface area contributed by atoms with E-state index in [9.17, 15) is 4.79 Å². The number of aromatic nitrogens is 1. The first-order chi connectivity index (χ1) is 10.7. The van der Waals surface area contributed by atoms with Crippen LogP contribution in [0.25, 0.3) is 0 Å². The monoisotopic (exact) mass is 323 g/mol. The number of hydrogen-bond donors (Lipinski definition) is 0. The average Bonchev–Trinajstić information content (AvgIpc) is 3.00. The number of amides is 1. The van der Waals surface area contributed by atoms with Gasteiger partial charge in [-0.25, -0.2) is 0 Å². The summed E-state index contributed by atoms with van der Waals surface area (Å²) in [5.41, 5.74) is 1.15. The van der Waals surface area contributed by atoms with Crippen molar-refractivity contribution in [3.05, 3.63) is 24.0 Å². The van der Waals surface area contributed by atoms with Crippen molar-refractivity contribution in [1.29, 1.82) is 0 Å². The van der Waals surface area contributed by atoms with Crippen LogP contribution in [0.4, 0.5) is 0 Å². The van der Waals surface area contributed by atoms with Crippen LogP contribution in [-0.4, -0.2) is 70.7 Å². The lowest BCUT2D eigenvalue weighted by Gasteiger charge is -2.40. The summed E-state index contributed by atoms with van der Waals surface area (Å²) < 4.78 is 7.73. The largest absolute Gasteiger partial charge is 0.377 e. The highest BCUT2D eigenvalue weighted by molar-refractivity contribution is 7.99. The highest BCUT2D eigenvalue weighted by Gasteiger charge is 2.34. The number of ether oxygens (including phenoxy) is 1. The molecule has 0 bridgehead atoms. The quantitative estimate of drug-likeness (QED) is 0.842. The summed E-state index contributed by atoms with van der Waals surface area (Å²) in [7, 11) is 2.03. The second-order valence-corrected chi connectivity index (χ2v) is 7.22. The van der Waals surface area contributed by atoms with Crippen LogP contribution in [0.2, 0.25) is 0 Å².